The first kappa shape index (κ1) is 60.1. The number of alkyl halides is 1. The normalized spacial score (nSPS) is 28.5. The highest BCUT2D eigenvalue weighted by atomic mass is 79.9. The molecule has 3 heterocycles. The Labute approximate surface area is 438 Å². The first-order chi connectivity index (χ1) is 34.8. The summed E-state index contributed by atoms with van der Waals surface area (Å²) in [6.07, 6.45) is -3.35. The Hall–Kier alpha value is -6.43. The first-order valence-corrected chi connectivity index (χ1v) is 25.5. The molecule has 1 fully saturated rings. The van der Waals surface area contributed by atoms with E-state index in [1.807, 2.05) is 0 Å². The molecule has 9 N–H and O–H groups in total. The number of esters is 2. The lowest BCUT2D eigenvalue weighted by Gasteiger charge is -2.34. The number of nitrogens with one attached hydrogen (secondary N) is 6. The number of benzene rings is 2. The Morgan fingerprint density at radius 3 is 2.05 bits per heavy atom. The third-order valence-electron chi connectivity index (χ3n) is 13.1. The van der Waals surface area contributed by atoms with Gasteiger partial charge in [-0.1, -0.05) is 99.4 Å². The van der Waals surface area contributed by atoms with Gasteiger partial charge in [0.2, 0.25) is 41.4 Å². The summed E-state index contributed by atoms with van der Waals surface area (Å²) in [5.74, 6) is -11.2. The highest BCUT2D eigenvalue weighted by Crippen LogP contribution is 2.27. The maximum absolute atomic E-state index is 15.2. The molecule has 3 aliphatic heterocycles. The number of cyclic esters (lactones) is 1. The number of fused-ring (bicyclic) bond motifs is 11. The summed E-state index contributed by atoms with van der Waals surface area (Å²) in [6, 6.07) is 4.17. The Kier molecular flexibility index (Phi) is 22.1. The molecule has 0 aliphatic carbocycles. The predicted molar refractivity (Wildman–Crippen MR) is 270 cm³/mol. The van der Waals surface area contributed by atoms with E-state index < -0.39 is 150 Å². The van der Waals surface area contributed by atoms with Crippen molar-refractivity contribution in [2.24, 2.45) is 17.8 Å². The minimum absolute atomic E-state index is 0.128. The first-order valence-electron chi connectivity index (χ1n) is 24.4. The monoisotopic (exact) mass is 1100 g/mol. The number of hydrogen-bond acceptors (Lipinski definition) is 15. The maximum Gasteiger partial charge on any atom is 0.332 e. The summed E-state index contributed by atoms with van der Waals surface area (Å²) < 4.78 is 17.1. The van der Waals surface area contributed by atoms with Crippen LogP contribution in [0.1, 0.15) is 79.0 Å². The average molecular weight is 1100 g/mol. The minimum atomic E-state index is -1.97. The van der Waals surface area contributed by atoms with Gasteiger partial charge < -0.3 is 66.3 Å². The van der Waals surface area contributed by atoms with Gasteiger partial charge in [-0.3, -0.25) is 38.4 Å². The molecule has 2 aromatic rings. The van der Waals surface area contributed by atoms with Gasteiger partial charge in [-0.05, 0) is 61.9 Å². The van der Waals surface area contributed by atoms with E-state index in [1.54, 1.807) is 58.0 Å². The molecule has 74 heavy (non-hydrogen) atoms. The van der Waals surface area contributed by atoms with Gasteiger partial charge in [0.15, 0.2) is 6.04 Å². The second kappa shape index (κ2) is 27.2. The molecule has 406 valence electrons. The second-order valence-corrected chi connectivity index (χ2v) is 19.7. The lowest BCUT2D eigenvalue weighted by molar-refractivity contribution is -0.160. The molecule has 1 saturated heterocycles. The van der Waals surface area contributed by atoms with Crippen molar-refractivity contribution in [1.82, 2.24) is 36.8 Å². The fourth-order valence-corrected chi connectivity index (χ4v) is 8.54. The van der Waals surface area contributed by atoms with Crippen molar-refractivity contribution in [2.75, 3.05) is 25.5 Å². The maximum atomic E-state index is 15.2. The third-order valence-corrected chi connectivity index (χ3v) is 14.0. The van der Waals surface area contributed by atoms with Gasteiger partial charge >= 0.3 is 11.9 Å². The SMILES string of the molecule is CC[C@H](C)[C@H]1NC(=O)[C@@H](NC(=O)[C@H](C)[C@H](O)C(C)C)[C@@H](C)OC(=O)[C@@H]2COC(=O)CNC(=O)/C=C/[C@](O)(CBr)[C@@H](C)Oc3ccc(cc3)C(NC1=O)C(=O)N(C)[C@@H](Cc1ccccc1)C(=O)N[C@H]([C@@H](C)O)C(=O)N2. The van der Waals surface area contributed by atoms with Gasteiger partial charge in [-0.2, -0.15) is 0 Å². The lowest BCUT2D eigenvalue weighted by atomic mass is 9.93. The Morgan fingerprint density at radius 2 is 1.46 bits per heavy atom. The van der Waals surface area contributed by atoms with Gasteiger partial charge in [0.05, 0.1) is 18.1 Å². The van der Waals surface area contributed by atoms with E-state index in [9.17, 15) is 53.7 Å². The number of nitrogens with zero attached hydrogens (tertiary/aromatic N) is 1. The Balaban J connectivity index is 2.03. The molecular weight excluding hydrogens is 1030 g/mol. The molecule has 13 atom stereocenters. The number of hydrogen-bond donors (Lipinski definition) is 9. The van der Waals surface area contributed by atoms with E-state index in [1.165, 1.54) is 59.0 Å². The predicted octanol–water partition coefficient (Wildman–Crippen LogP) is 0.000500. The second-order valence-electron chi connectivity index (χ2n) is 19.1. The number of aliphatic hydroxyl groups is 3. The zero-order chi connectivity index (χ0) is 55.2. The van der Waals surface area contributed by atoms with Crippen LogP contribution in [0, 0.1) is 17.8 Å². The molecule has 5 rings (SSSR count). The highest BCUT2D eigenvalue weighted by Gasteiger charge is 2.42. The van der Waals surface area contributed by atoms with Crippen LogP contribution in [0.5, 0.6) is 5.75 Å². The third kappa shape index (κ3) is 16.0. The molecule has 4 bridgehead atoms. The summed E-state index contributed by atoms with van der Waals surface area (Å²) in [5, 5.41) is 48.3. The van der Waals surface area contributed by atoms with E-state index in [0.29, 0.717) is 5.56 Å². The van der Waals surface area contributed by atoms with Crippen molar-refractivity contribution >= 4 is 69.2 Å². The van der Waals surface area contributed by atoms with Crippen LogP contribution in [0.2, 0.25) is 0 Å². The molecule has 7 amide bonds. The van der Waals surface area contributed by atoms with Crippen LogP contribution in [0.15, 0.2) is 66.7 Å². The molecule has 22 nitrogen and oxygen atoms in total. The van der Waals surface area contributed by atoms with Gasteiger partial charge in [0.25, 0.3) is 0 Å². The average Bonchev–Trinajstić information content (AvgIpc) is 3.37. The number of ether oxygens (including phenoxy) is 3. The topological polar surface area (TPSA) is 317 Å². The summed E-state index contributed by atoms with van der Waals surface area (Å²) in [4.78, 5) is 129. The van der Waals surface area contributed by atoms with Crippen molar-refractivity contribution in [3.63, 3.8) is 0 Å². The molecule has 23 heteroatoms. The van der Waals surface area contributed by atoms with Crippen LogP contribution in [0.3, 0.4) is 0 Å². The number of aliphatic hydroxyl groups excluding tert-OH is 2. The summed E-state index contributed by atoms with van der Waals surface area (Å²) in [5.41, 5.74) is -1.11. The van der Waals surface area contributed by atoms with E-state index in [0.717, 1.165) is 17.1 Å². The number of carbonyl (C=O) groups is 9. The molecule has 0 radical (unpaired) electrons. The van der Waals surface area contributed by atoms with Crippen molar-refractivity contribution in [3.8, 4) is 5.75 Å². The largest absolute Gasteiger partial charge is 0.487 e. The molecular formula is C51H70BrN7O15. The molecule has 3 aliphatic rings. The molecule has 2 aromatic carbocycles. The van der Waals surface area contributed by atoms with Crippen molar-refractivity contribution < 1.29 is 72.7 Å². The van der Waals surface area contributed by atoms with Crippen LogP contribution in [0.25, 0.3) is 0 Å². The molecule has 0 aromatic heterocycles. The van der Waals surface area contributed by atoms with Crippen LogP contribution in [-0.2, 0) is 59.0 Å². The number of halogens is 1. The van der Waals surface area contributed by atoms with Gasteiger partial charge in [-0.15, -0.1) is 0 Å². The molecule has 0 saturated carbocycles. The van der Waals surface area contributed by atoms with Gasteiger partial charge in [0, 0.05) is 24.9 Å². The standard InChI is InChI=1S/C51H70BrN7O15/c1-10-27(4)39-46(66)58-42-33-16-18-34(19-17-33)74-31(8)51(71,25-52)21-20-37(61)53-23-38(62)72-24-35(50(70)73-30(7)41(48(68)55-39)57-44(64)28(5)43(63)26(2)3)54-47(67)40(29(6)60)56-45(65)36(59(9)49(42)69)22-32-14-12-11-13-15-32/h11-21,26-31,35-36,39-43,60,63,71H,10,22-25H2,1-9H3,(H,53,61)(H,54,67)(H,55,68)(H,56,65)(H,57,64)(H,58,66)/b21-20+/t27-,28+,29+,30+,31+,35-,36-,39+,40+,41-,42?,43+,51-/m0/s1. The van der Waals surface area contributed by atoms with E-state index in [-0.39, 0.29) is 29.5 Å². The van der Waals surface area contributed by atoms with Crippen LogP contribution in [0.4, 0.5) is 0 Å². The highest BCUT2D eigenvalue weighted by molar-refractivity contribution is 9.09. The Morgan fingerprint density at radius 1 is 0.838 bits per heavy atom. The van der Waals surface area contributed by atoms with Gasteiger partial charge in [0.1, 0.15) is 66.9 Å². The summed E-state index contributed by atoms with van der Waals surface area (Å²) in [6.45, 7) is 10.3. The number of rotatable bonds is 10. The van der Waals surface area contributed by atoms with Crippen molar-refractivity contribution in [1.29, 1.82) is 0 Å². The molecule has 1 unspecified atom stereocenters. The van der Waals surface area contributed by atoms with E-state index >= 15 is 4.79 Å². The summed E-state index contributed by atoms with van der Waals surface area (Å²) >= 11 is 3.25. The zero-order valence-electron chi connectivity index (χ0n) is 43.0. The van der Waals surface area contributed by atoms with Crippen LogP contribution in [-0.4, -0.2) is 159 Å². The van der Waals surface area contributed by atoms with Gasteiger partial charge in [-0.25, -0.2) is 4.79 Å². The molecule has 0 spiro atoms. The van der Waals surface area contributed by atoms with Crippen LogP contribution < -0.4 is 36.6 Å². The van der Waals surface area contributed by atoms with Crippen molar-refractivity contribution in [2.45, 2.75) is 134 Å². The number of carbonyl (C=O) groups excluding carboxylic acids is 9. The Bertz CT molecular complexity index is 2360. The minimum Gasteiger partial charge on any atom is -0.487 e. The number of likely N-dealkylation sites (N-methyl/N-ethyl adjacent to an activating group) is 1. The fourth-order valence-electron chi connectivity index (χ4n) is 7.90. The van der Waals surface area contributed by atoms with E-state index in [4.69, 9.17) is 14.2 Å². The quantitative estimate of drug-likeness (QED) is 0.112. The van der Waals surface area contributed by atoms with Crippen LogP contribution >= 0.6 is 15.9 Å². The van der Waals surface area contributed by atoms with E-state index in [2.05, 4.69) is 47.8 Å². The fraction of sp³-hybridized carbons (Fsp3) is 0.549. The van der Waals surface area contributed by atoms with Crippen molar-refractivity contribution in [3.05, 3.63) is 77.9 Å². The number of amides is 7. The smallest absolute Gasteiger partial charge is 0.332 e. The zero-order valence-corrected chi connectivity index (χ0v) is 44.5. The summed E-state index contributed by atoms with van der Waals surface area (Å²) in [7, 11) is 1.30. The lowest BCUT2D eigenvalue weighted by Crippen LogP contribution is -2.61.